The molecule has 1 aromatic carbocycles. The van der Waals surface area contributed by atoms with Crippen LogP contribution in [0.2, 0.25) is 5.02 Å². The molecule has 0 fully saturated rings. The van der Waals surface area contributed by atoms with Gasteiger partial charge >= 0.3 is 0 Å². The van der Waals surface area contributed by atoms with Gasteiger partial charge in [0.05, 0.1) is 6.26 Å². The van der Waals surface area contributed by atoms with Gasteiger partial charge in [-0.3, -0.25) is 9.79 Å². The van der Waals surface area contributed by atoms with Crippen molar-refractivity contribution in [2.75, 3.05) is 32.1 Å². The number of ether oxygens (including phenoxy) is 1. The van der Waals surface area contributed by atoms with Crippen molar-refractivity contribution < 1.29 is 13.9 Å². The van der Waals surface area contributed by atoms with E-state index in [0.29, 0.717) is 43.7 Å². The number of hydrogen-bond donors (Lipinski definition) is 3. The van der Waals surface area contributed by atoms with Gasteiger partial charge in [0.2, 0.25) is 5.91 Å². The molecule has 2 aromatic rings. The van der Waals surface area contributed by atoms with Gasteiger partial charge < -0.3 is 25.1 Å². The fraction of sp³-hybridized carbons (Fsp3) is 0.400. The first-order valence-corrected chi connectivity index (χ1v) is 9.57. The Morgan fingerprint density at radius 1 is 1.21 bits per heavy atom. The van der Waals surface area contributed by atoms with Crippen molar-refractivity contribution in [3.05, 3.63) is 52.9 Å². The average molecular weight is 535 g/mol. The van der Waals surface area contributed by atoms with Crippen LogP contribution in [0.25, 0.3) is 0 Å². The van der Waals surface area contributed by atoms with Crippen molar-refractivity contribution >= 4 is 53.1 Å². The molecule has 2 rings (SSSR count). The first-order valence-electron chi connectivity index (χ1n) is 9.19. The van der Waals surface area contributed by atoms with Gasteiger partial charge in [-0.2, -0.15) is 0 Å². The highest BCUT2D eigenvalue weighted by Gasteiger charge is 2.07. The molecule has 0 aliphatic rings. The Labute approximate surface area is 193 Å². The van der Waals surface area contributed by atoms with Gasteiger partial charge in [0.1, 0.15) is 12.4 Å². The number of guanidine groups is 1. The highest BCUT2D eigenvalue weighted by atomic mass is 127. The van der Waals surface area contributed by atoms with Crippen molar-refractivity contribution in [3.8, 4) is 0 Å². The topological polar surface area (TPSA) is 87.9 Å². The van der Waals surface area contributed by atoms with E-state index < -0.39 is 0 Å². The molecule has 0 radical (unpaired) electrons. The monoisotopic (exact) mass is 534 g/mol. The lowest BCUT2D eigenvalue weighted by molar-refractivity contribution is -0.116. The average Bonchev–Trinajstić information content (AvgIpc) is 3.20. The number of carbonyl (C=O) groups excluding carboxylic acids is 1. The lowest BCUT2D eigenvalue weighted by Crippen LogP contribution is -2.39. The zero-order chi connectivity index (χ0) is 20.2. The molecule has 1 heterocycles. The zero-order valence-corrected chi connectivity index (χ0v) is 19.8. The fourth-order valence-electron chi connectivity index (χ4n) is 2.42. The molecule has 0 saturated heterocycles. The van der Waals surface area contributed by atoms with Gasteiger partial charge in [-0.25, -0.2) is 0 Å². The summed E-state index contributed by atoms with van der Waals surface area (Å²) in [5.74, 6) is 1.38. The zero-order valence-electron chi connectivity index (χ0n) is 16.7. The number of amides is 1. The Morgan fingerprint density at radius 3 is 2.72 bits per heavy atom. The van der Waals surface area contributed by atoms with Crippen LogP contribution in [0.15, 0.2) is 46.0 Å². The predicted octanol–water partition coefficient (Wildman–Crippen LogP) is 3.96. The second-order valence-electron chi connectivity index (χ2n) is 6.12. The van der Waals surface area contributed by atoms with Crippen molar-refractivity contribution in [2.45, 2.75) is 26.4 Å². The van der Waals surface area contributed by atoms with Gasteiger partial charge in [-0.15, -0.1) is 24.0 Å². The largest absolute Gasteiger partial charge is 0.467 e. The summed E-state index contributed by atoms with van der Waals surface area (Å²) in [7, 11) is 1.69. The second-order valence-corrected chi connectivity index (χ2v) is 6.53. The Bertz CT molecular complexity index is 769. The number of hydrogen-bond acceptors (Lipinski definition) is 4. The quantitative estimate of drug-likeness (QED) is 0.186. The first kappa shape index (κ1) is 25.3. The number of furan rings is 1. The highest BCUT2D eigenvalue weighted by Crippen LogP contribution is 2.22. The van der Waals surface area contributed by atoms with Crippen LogP contribution < -0.4 is 16.0 Å². The van der Waals surface area contributed by atoms with Crippen molar-refractivity contribution in [2.24, 2.45) is 4.99 Å². The first-order chi connectivity index (χ1) is 13.6. The standard InChI is InChI=1S/C20H27ClN4O3.HI/c1-15-17(21)7-3-8-18(15)25-19(26)9-11-24-20(22-2)23-10-5-12-27-14-16-6-4-13-28-16;/h3-4,6-8,13H,5,9-12,14H2,1-2H3,(H,25,26)(H2,22,23,24);1H. The molecule has 0 unspecified atom stereocenters. The van der Waals surface area contributed by atoms with Crippen LogP contribution in [0, 0.1) is 6.92 Å². The molecule has 160 valence electrons. The third kappa shape index (κ3) is 9.51. The SMILES string of the molecule is CN=C(NCCCOCc1ccco1)NCCC(=O)Nc1cccc(Cl)c1C.I. The van der Waals surface area contributed by atoms with Gasteiger partial charge in [0, 0.05) is 43.9 Å². The van der Waals surface area contributed by atoms with Crippen LogP contribution in [0.3, 0.4) is 0 Å². The maximum Gasteiger partial charge on any atom is 0.226 e. The highest BCUT2D eigenvalue weighted by molar-refractivity contribution is 14.0. The van der Waals surface area contributed by atoms with E-state index in [9.17, 15) is 4.79 Å². The number of nitrogens with one attached hydrogen (secondary N) is 3. The summed E-state index contributed by atoms with van der Waals surface area (Å²) in [6.45, 7) is 4.15. The molecular weight excluding hydrogens is 507 g/mol. The molecule has 0 saturated carbocycles. The Morgan fingerprint density at radius 2 is 2.00 bits per heavy atom. The lowest BCUT2D eigenvalue weighted by atomic mass is 10.2. The fourth-order valence-corrected chi connectivity index (χ4v) is 2.59. The molecule has 3 N–H and O–H groups in total. The minimum Gasteiger partial charge on any atom is -0.467 e. The third-order valence-electron chi connectivity index (χ3n) is 3.99. The van der Waals surface area contributed by atoms with Crippen LogP contribution in [0.4, 0.5) is 5.69 Å². The summed E-state index contributed by atoms with van der Waals surface area (Å²) in [6, 6.07) is 9.17. The van der Waals surface area contributed by atoms with E-state index in [-0.39, 0.29) is 29.9 Å². The minimum absolute atomic E-state index is 0. The van der Waals surface area contributed by atoms with Crippen molar-refractivity contribution in [1.29, 1.82) is 0 Å². The van der Waals surface area contributed by atoms with E-state index in [0.717, 1.165) is 23.4 Å². The summed E-state index contributed by atoms with van der Waals surface area (Å²) in [6.07, 6.45) is 2.78. The molecule has 9 heteroatoms. The lowest BCUT2D eigenvalue weighted by Gasteiger charge is -2.13. The minimum atomic E-state index is -0.0837. The molecule has 0 spiro atoms. The normalized spacial score (nSPS) is 10.9. The van der Waals surface area contributed by atoms with Crippen LogP contribution in [-0.4, -0.2) is 38.6 Å². The number of rotatable bonds is 10. The van der Waals surface area contributed by atoms with E-state index in [1.807, 2.05) is 31.2 Å². The molecule has 0 atom stereocenters. The number of halogens is 2. The van der Waals surface area contributed by atoms with Gasteiger partial charge in [-0.1, -0.05) is 17.7 Å². The maximum absolute atomic E-state index is 12.1. The number of nitrogens with zero attached hydrogens (tertiary/aromatic N) is 1. The van der Waals surface area contributed by atoms with E-state index in [1.165, 1.54) is 0 Å². The third-order valence-corrected chi connectivity index (χ3v) is 4.40. The molecule has 0 aliphatic heterocycles. The molecule has 1 amide bonds. The summed E-state index contributed by atoms with van der Waals surface area (Å²) in [5.41, 5.74) is 1.59. The van der Waals surface area contributed by atoms with Gasteiger partial charge in [0.15, 0.2) is 5.96 Å². The second kappa shape index (κ2) is 14.2. The van der Waals surface area contributed by atoms with Crippen LogP contribution in [0.5, 0.6) is 0 Å². The Hall–Kier alpha value is -1.78. The summed E-state index contributed by atoms with van der Waals surface area (Å²) >= 11 is 6.07. The van der Waals surface area contributed by atoms with E-state index >= 15 is 0 Å². The van der Waals surface area contributed by atoms with Gasteiger partial charge in [-0.05, 0) is 43.2 Å². The Kier molecular flexibility index (Phi) is 12.4. The number of carbonyl (C=O) groups is 1. The Balaban J connectivity index is 0.00000420. The van der Waals surface area contributed by atoms with E-state index in [1.54, 1.807) is 19.4 Å². The molecule has 29 heavy (non-hydrogen) atoms. The predicted molar refractivity (Wildman–Crippen MR) is 127 cm³/mol. The van der Waals surface area contributed by atoms with Crippen molar-refractivity contribution in [3.63, 3.8) is 0 Å². The van der Waals surface area contributed by atoms with E-state index in [4.69, 9.17) is 20.8 Å². The van der Waals surface area contributed by atoms with Gasteiger partial charge in [0.25, 0.3) is 0 Å². The number of anilines is 1. The molecule has 0 aliphatic carbocycles. The van der Waals surface area contributed by atoms with E-state index in [2.05, 4.69) is 20.9 Å². The molecule has 0 bridgehead atoms. The van der Waals surface area contributed by atoms with Crippen molar-refractivity contribution in [1.82, 2.24) is 10.6 Å². The van der Waals surface area contributed by atoms with Crippen LogP contribution in [0.1, 0.15) is 24.2 Å². The summed E-state index contributed by atoms with van der Waals surface area (Å²) in [5, 5.41) is 9.82. The smallest absolute Gasteiger partial charge is 0.226 e. The van der Waals surface area contributed by atoms with Crippen LogP contribution in [-0.2, 0) is 16.1 Å². The maximum atomic E-state index is 12.1. The van der Waals surface area contributed by atoms with Crippen LogP contribution >= 0.6 is 35.6 Å². The molecule has 7 nitrogen and oxygen atoms in total. The molecule has 1 aromatic heterocycles. The summed E-state index contributed by atoms with van der Waals surface area (Å²) < 4.78 is 10.7. The number of benzene rings is 1. The number of aliphatic imine (C=N–C) groups is 1. The summed E-state index contributed by atoms with van der Waals surface area (Å²) in [4.78, 5) is 16.2. The molecular formula is C20H28ClIN4O3.